The summed E-state index contributed by atoms with van der Waals surface area (Å²) in [6.45, 7) is -1.33. The molecule has 0 saturated heterocycles. The van der Waals surface area contributed by atoms with Gasteiger partial charge in [0.25, 0.3) is 0 Å². The van der Waals surface area contributed by atoms with Crippen molar-refractivity contribution in [3.63, 3.8) is 0 Å². The molecule has 0 fully saturated rings. The first-order chi connectivity index (χ1) is 5.58. The largest absolute Gasteiger partial charge is 0.468 e. The predicted octanol–water partition coefficient (Wildman–Crippen LogP) is 1.82. The summed E-state index contributed by atoms with van der Waals surface area (Å²) in [6, 6.07) is 5.38. The Labute approximate surface area is 67.0 Å². The van der Waals surface area contributed by atoms with Crippen molar-refractivity contribution in [1.82, 2.24) is 4.98 Å². The molecule has 1 aromatic heterocycles. The van der Waals surface area contributed by atoms with Gasteiger partial charge in [0.2, 0.25) is 5.88 Å². The molecule has 1 rings (SSSR count). The highest BCUT2D eigenvalue weighted by Gasteiger charge is 2.28. The molecular weight excluding hydrogens is 171 g/mol. The van der Waals surface area contributed by atoms with Crippen molar-refractivity contribution in [1.29, 1.82) is 0 Å². The van der Waals surface area contributed by atoms with Gasteiger partial charge in [-0.2, -0.15) is 13.2 Å². The number of pyridine rings is 1. The number of rotatable bonds is 2. The third-order valence-corrected chi connectivity index (χ3v) is 0.953. The Morgan fingerprint density at radius 1 is 1.50 bits per heavy atom. The van der Waals surface area contributed by atoms with Crippen LogP contribution in [0, 0.1) is 6.07 Å². The van der Waals surface area contributed by atoms with Crippen LogP contribution in [0.1, 0.15) is 0 Å². The van der Waals surface area contributed by atoms with Gasteiger partial charge in [0.15, 0.2) is 6.61 Å². The van der Waals surface area contributed by atoms with Crippen LogP contribution in [0.15, 0.2) is 18.3 Å². The van der Waals surface area contributed by atoms with E-state index in [2.05, 4.69) is 15.8 Å². The van der Waals surface area contributed by atoms with Crippen LogP contribution < -0.4 is 4.74 Å². The molecule has 0 aromatic carbocycles. The van der Waals surface area contributed by atoms with Crippen LogP contribution in [0.3, 0.4) is 0 Å². The van der Waals surface area contributed by atoms with Crippen molar-refractivity contribution < 1.29 is 17.9 Å². The van der Waals surface area contributed by atoms with Gasteiger partial charge >= 0.3 is 6.18 Å². The molecule has 0 amide bonds. The molecule has 0 aliphatic heterocycles. The van der Waals surface area contributed by atoms with E-state index in [0.717, 1.165) is 0 Å². The van der Waals surface area contributed by atoms with Gasteiger partial charge in [0.05, 0.1) is 0 Å². The molecule has 0 saturated carbocycles. The topological polar surface area (TPSA) is 22.1 Å². The lowest BCUT2D eigenvalue weighted by atomic mass is 10.5. The Hall–Kier alpha value is -1.26. The van der Waals surface area contributed by atoms with Crippen LogP contribution in [0.2, 0.25) is 0 Å². The molecule has 12 heavy (non-hydrogen) atoms. The van der Waals surface area contributed by atoms with Gasteiger partial charge in [0, 0.05) is 12.3 Å². The number of aromatic nitrogens is 1. The number of ether oxygens (including phenoxy) is 1. The van der Waals surface area contributed by atoms with Crippen molar-refractivity contribution in [2.45, 2.75) is 6.18 Å². The maximum absolute atomic E-state index is 11.6. The number of hydrogen-bond donors (Lipinski definition) is 0. The monoisotopic (exact) mass is 176 g/mol. The summed E-state index contributed by atoms with van der Waals surface area (Å²) in [4.78, 5) is 3.50. The second-order valence-electron chi connectivity index (χ2n) is 1.99. The average Bonchev–Trinajstić information content (AvgIpc) is 2.02. The molecule has 1 aromatic rings. The van der Waals surface area contributed by atoms with Crippen molar-refractivity contribution in [3.8, 4) is 5.88 Å². The normalized spacial score (nSPS) is 11.2. The van der Waals surface area contributed by atoms with Crippen LogP contribution in [0.5, 0.6) is 5.88 Å². The lowest BCUT2D eigenvalue weighted by Gasteiger charge is -2.06. The van der Waals surface area contributed by atoms with E-state index in [0.29, 0.717) is 0 Å². The molecule has 0 unspecified atom stereocenters. The van der Waals surface area contributed by atoms with E-state index in [4.69, 9.17) is 0 Å². The van der Waals surface area contributed by atoms with Gasteiger partial charge < -0.3 is 4.74 Å². The molecule has 0 atom stereocenters. The molecule has 5 heteroatoms. The van der Waals surface area contributed by atoms with E-state index < -0.39 is 12.8 Å². The van der Waals surface area contributed by atoms with Crippen molar-refractivity contribution in [2.24, 2.45) is 0 Å². The summed E-state index contributed by atoms with van der Waals surface area (Å²) in [5, 5.41) is 0. The maximum Gasteiger partial charge on any atom is 0.422 e. The molecule has 2 nitrogen and oxygen atoms in total. The molecule has 0 aliphatic rings. The number of nitrogens with zero attached hydrogens (tertiary/aromatic N) is 1. The first-order valence-electron chi connectivity index (χ1n) is 3.10. The van der Waals surface area contributed by atoms with Crippen LogP contribution >= 0.6 is 0 Å². The van der Waals surface area contributed by atoms with Crippen LogP contribution in [0.4, 0.5) is 13.2 Å². The Balaban J connectivity index is 2.44. The SMILES string of the molecule is FC(F)(F)COc1[c]cccn1. The standard InChI is InChI=1S/C7H5F3NO/c8-7(9,10)5-12-6-3-1-2-4-11-6/h1-2,4H,5H2. The summed E-state index contributed by atoms with van der Waals surface area (Å²) in [5.74, 6) is -0.144. The van der Waals surface area contributed by atoms with Gasteiger partial charge in [0.1, 0.15) is 0 Å². The second kappa shape index (κ2) is 3.42. The van der Waals surface area contributed by atoms with E-state index >= 15 is 0 Å². The first kappa shape index (κ1) is 8.83. The highest BCUT2D eigenvalue weighted by molar-refractivity contribution is 5.06. The summed E-state index contributed by atoms with van der Waals surface area (Å²) in [6.07, 6.45) is -2.99. The Morgan fingerprint density at radius 3 is 2.75 bits per heavy atom. The van der Waals surface area contributed by atoms with Gasteiger partial charge in [-0.1, -0.05) is 0 Å². The zero-order chi connectivity index (χ0) is 9.03. The lowest BCUT2D eigenvalue weighted by molar-refractivity contribution is -0.154. The summed E-state index contributed by atoms with van der Waals surface area (Å²) >= 11 is 0. The fourth-order valence-electron chi connectivity index (χ4n) is 0.540. The van der Waals surface area contributed by atoms with Crippen molar-refractivity contribution in [2.75, 3.05) is 6.61 Å². The first-order valence-corrected chi connectivity index (χ1v) is 3.10. The molecule has 0 bridgehead atoms. The van der Waals surface area contributed by atoms with Gasteiger partial charge in [-0.15, -0.1) is 0 Å². The molecule has 0 N–H and O–H groups in total. The molecular formula is C7H5F3NO. The minimum Gasteiger partial charge on any atom is -0.468 e. The van der Waals surface area contributed by atoms with Crippen LogP contribution in [0.25, 0.3) is 0 Å². The third kappa shape index (κ3) is 3.23. The summed E-state index contributed by atoms with van der Waals surface area (Å²) in [5.41, 5.74) is 0. The molecule has 1 heterocycles. The minimum absolute atomic E-state index is 0.144. The highest BCUT2D eigenvalue weighted by atomic mass is 19.4. The third-order valence-electron chi connectivity index (χ3n) is 0.953. The van der Waals surface area contributed by atoms with E-state index in [-0.39, 0.29) is 5.88 Å². The minimum atomic E-state index is -4.33. The van der Waals surface area contributed by atoms with Gasteiger partial charge in [-0.3, -0.25) is 0 Å². The quantitative estimate of drug-likeness (QED) is 0.685. The van der Waals surface area contributed by atoms with Gasteiger partial charge in [-0.05, 0) is 12.1 Å². The second-order valence-corrected chi connectivity index (χ2v) is 1.99. The van der Waals surface area contributed by atoms with E-state index in [1.54, 1.807) is 6.07 Å². The fraction of sp³-hybridized carbons (Fsp3) is 0.286. The Morgan fingerprint density at radius 2 is 2.25 bits per heavy atom. The van der Waals surface area contributed by atoms with E-state index in [1.165, 1.54) is 12.3 Å². The highest BCUT2D eigenvalue weighted by Crippen LogP contribution is 2.15. The van der Waals surface area contributed by atoms with Crippen molar-refractivity contribution in [3.05, 3.63) is 24.4 Å². The number of hydrogen-bond acceptors (Lipinski definition) is 2. The van der Waals surface area contributed by atoms with Crippen LogP contribution in [-0.2, 0) is 0 Å². The smallest absolute Gasteiger partial charge is 0.422 e. The maximum atomic E-state index is 11.6. The molecule has 65 valence electrons. The Kier molecular flexibility index (Phi) is 2.52. The average molecular weight is 176 g/mol. The van der Waals surface area contributed by atoms with E-state index in [9.17, 15) is 13.2 Å². The summed E-state index contributed by atoms with van der Waals surface area (Å²) in [7, 11) is 0. The molecule has 0 aliphatic carbocycles. The zero-order valence-electron chi connectivity index (χ0n) is 5.93. The predicted molar refractivity (Wildman–Crippen MR) is 34.6 cm³/mol. The molecule has 1 radical (unpaired) electrons. The van der Waals surface area contributed by atoms with E-state index in [1.807, 2.05) is 0 Å². The number of halogens is 3. The van der Waals surface area contributed by atoms with Crippen LogP contribution in [-0.4, -0.2) is 17.8 Å². The molecule has 0 spiro atoms. The van der Waals surface area contributed by atoms with Gasteiger partial charge in [-0.25, -0.2) is 4.98 Å². The summed E-state index contributed by atoms with van der Waals surface area (Å²) < 4.78 is 39.0. The Bertz CT molecular complexity index is 234. The fourth-order valence-corrected chi connectivity index (χ4v) is 0.540. The zero-order valence-corrected chi connectivity index (χ0v) is 5.93. The lowest BCUT2D eigenvalue weighted by Crippen LogP contribution is -2.19. The number of alkyl halides is 3. The van der Waals surface area contributed by atoms with Crippen molar-refractivity contribution >= 4 is 0 Å².